The number of carbonyl (C=O) groups excluding carboxylic acids is 1. The van der Waals surface area contributed by atoms with Crippen LogP contribution in [0.3, 0.4) is 0 Å². The molecule has 1 saturated carbocycles. The summed E-state index contributed by atoms with van der Waals surface area (Å²) in [5.74, 6) is 0.998. The van der Waals surface area contributed by atoms with Gasteiger partial charge in [0, 0.05) is 32.1 Å². The lowest BCUT2D eigenvalue weighted by Gasteiger charge is -2.37. The molecule has 0 N–H and O–H groups in total. The lowest BCUT2D eigenvalue weighted by molar-refractivity contribution is -0.139. The SMILES string of the molecule is COc1ccc(S(=O)(=O)N2CCN(C(=O)C3CCC3)CC2)c(C)c1. The van der Waals surface area contributed by atoms with E-state index in [0.29, 0.717) is 42.4 Å². The van der Waals surface area contributed by atoms with Gasteiger partial charge in [0.05, 0.1) is 12.0 Å². The third kappa shape index (κ3) is 3.15. The number of hydrogen-bond donors (Lipinski definition) is 0. The first-order valence-electron chi connectivity index (χ1n) is 8.37. The predicted molar refractivity (Wildman–Crippen MR) is 90.4 cm³/mol. The number of benzene rings is 1. The van der Waals surface area contributed by atoms with Crippen LogP contribution in [0.4, 0.5) is 0 Å². The first kappa shape index (κ1) is 17.2. The maximum atomic E-state index is 12.9. The van der Waals surface area contributed by atoms with Gasteiger partial charge < -0.3 is 9.64 Å². The first-order valence-corrected chi connectivity index (χ1v) is 9.81. The highest BCUT2D eigenvalue weighted by Crippen LogP contribution is 2.29. The van der Waals surface area contributed by atoms with Crippen LogP contribution in [-0.4, -0.2) is 56.8 Å². The highest BCUT2D eigenvalue weighted by atomic mass is 32.2. The topological polar surface area (TPSA) is 66.9 Å². The number of ether oxygens (including phenoxy) is 1. The predicted octanol–water partition coefficient (Wildman–Crippen LogP) is 1.64. The minimum atomic E-state index is -3.54. The Balaban J connectivity index is 1.69. The highest BCUT2D eigenvalue weighted by molar-refractivity contribution is 7.89. The van der Waals surface area contributed by atoms with Crippen molar-refractivity contribution < 1.29 is 17.9 Å². The van der Waals surface area contributed by atoms with E-state index in [2.05, 4.69) is 0 Å². The second kappa shape index (κ2) is 6.72. The van der Waals surface area contributed by atoms with Crippen LogP contribution in [0.15, 0.2) is 23.1 Å². The van der Waals surface area contributed by atoms with Crippen LogP contribution in [0, 0.1) is 12.8 Å². The lowest BCUT2D eigenvalue weighted by atomic mass is 9.84. The molecule has 132 valence electrons. The van der Waals surface area contributed by atoms with Crippen molar-refractivity contribution >= 4 is 15.9 Å². The molecule has 1 heterocycles. The van der Waals surface area contributed by atoms with Crippen molar-refractivity contribution in [1.29, 1.82) is 0 Å². The van der Waals surface area contributed by atoms with E-state index in [-0.39, 0.29) is 11.8 Å². The second-order valence-electron chi connectivity index (χ2n) is 6.49. The zero-order chi connectivity index (χ0) is 17.3. The molecule has 0 unspecified atom stereocenters. The number of rotatable bonds is 4. The fraction of sp³-hybridized carbons (Fsp3) is 0.588. The standard InChI is InChI=1S/C17H24N2O4S/c1-13-12-15(23-2)6-7-16(13)24(21,22)19-10-8-18(9-11-19)17(20)14-4-3-5-14/h6-7,12,14H,3-5,8-11H2,1-2H3. The molecule has 1 aromatic rings. The summed E-state index contributed by atoms with van der Waals surface area (Å²) >= 11 is 0. The van der Waals surface area contributed by atoms with Crippen LogP contribution >= 0.6 is 0 Å². The van der Waals surface area contributed by atoms with E-state index in [1.807, 2.05) is 4.90 Å². The highest BCUT2D eigenvalue weighted by Gasteiger charge is 2.34. The van der Waals surface area contributed by atoms with Crippen molar-refractivity contribution in [3.63, 3.8) is 0 Å². The summed E-state index contributed by atoms with van der Waals surface area (Å²) in [6.07, 6.45) is 3.08. The molecule has 1 aliphatic carbocycles. The number of piperazine rings is 1. The van der Waals surface area contributed by atoms with Gasteiger partial charge in [-0.3, -0.25) is 4.79 Å². The third-order valence-corrected chi connectivity index (χ3v) is 7.06. The molecule has 1 aromatic carbocycles. The van der Waals surface area contributed by atoms with E-state index >= 15 is 0 Å². The number of carbonyl (C=O) groups is 1. The van der Waals surface area contributed by atoms with E-state index in [9.17, 15) is 13.2 Å². The van der Waals surface area contributed by atoms with Gasteiger partial charge in [-0.05, 0) is 43.5 Å². The van der Waals surface area contributed by atoms with Crippen LogP contribution in [0.2, 0.25) is 0 Å². The number of sulfonamides is 1. The Morgan fingerprint density at radius 3 is 2.33 bits per heavy atom. The van der Waals surface area contributed by atoms with Crippen LogP contribution < -0.4 is 4.74 Å². The summed E-state index contributed by atoms with van der Waals surface area (Å²) in [5, 5.41) is 0. The number of methoxy groups -OCH3 is 1. The Bertz CT molecular complexity index is 720. The van der Waals surface area contributed by atoms with Crippen molar-refractivity contribution in [3.05, 3.63) is 23.8 Å². The molecule has 0 radical (unpaired) electrons. The fourth-order valence-corrected chi connectivity index (χ4v) is 4.87. The number of aryl methyl sites for hydroxylation is 1. The van der Waals surface area contributed by atoms with Gasteiger partial charge in [0.15, 0.2) is 0 Å². The van der Waals surface area contributed by atoms with Crippen LogP contribution in [-0.2, 0) is 14.8 Å². The molecule has 6 nitrogen and oxygen atoms in total. The average Bonchev–Trinajstić information content (AvgIpc) is 2.53. The molecule has 7 heteroatoms. The van der Waals surface area contributed by atoms with E-state index in [4.69, 9.17) is 4.74 Å². The van der Waals surface area contributed by atoms with Gasteiger partial charge in [-0.1, -0.05) is 6.42 Å². The van der Waals surface area contributed by atoms with Crippen molar-refractivity contribution in [2.75, 3.05) is 33.3 Å². The number of hydrogen-bond acceptors (Lipinski definition) is 4. The number of nitrogens with zero attached hydrogens (tertiary/aromatic N) is 2. The summed E-state index contributed by atoms with van der Waals surface area (Å²) in [6.45, 7) is 3.43. The molecular weight excluding hydrogens is 328 g/mol. The van der Waals surface area contributed by atoms with Gasteiger partial charge in [0.1, 0.15) is 5.75 Å². The van der Waals surface area contributed by atoms with Crippen LogP contribution in [0.1, 0.15) is 24.8 Å². The quantitative estimate of drug-likeness (QED) is 0.826. The van der Waals surface area contributed by atoms with Gasteiger partial charge in [-0.2, -0.15) is 4.31 Å². The van der Waals surface area contributed by atoms with E-state index in [0.717, 1.165) is 19.3 Å². The molecule has 2 aliphatic rings. The Morgan fingerprint density at radius 1 is 1.17 bits per heavy atom. The monoisotopic (exact) mass is 352 g/mol. The normalized spacial score (nSPS) is 19.8. The Kier molecular flexibility index (Phi) is 4.83. The largest absolute Gasteiger partial charge is 0.497 e. The second-order valence-corrected chi connectivity index (χ2v) is 8.39. The van der Waals surface area contributed by atoms with Gasteiger partial charge in [0.25, 0.3) is 0 Å². The summed E-state index contributed by atoms with van der Waals surface area (Å²) in [4.78, 5) is 14.4. The fourth-order valence-electron chi connectivity index (χ4n) is 3.24. The zero-order valence-corrected chi connectivity index (χ0v) is 15.0. The van der Waals surface area contributed by atoms with E-state index in [1.54, 1.807) is 32.2 Å². The maximum Gasteiger partial charge on any atom is 0.243 e. The maximum absolute atomic E-state index is 12.9. The minimum absolute atomic E-state index is 0.164. The molecule has 0 spiro atoms. The minimum Gasteiger partial charge on any atom is -0.497 e. The van der Waals surface area contributed by atoms with Gasteiger partial charge in [-0.25, -0.2) is 8.42 Å². The zero-order valence-electron chi connectivity index (χ0n) is 14.2. The van der Waals surface area contributed by atoms with E-state index < -0.39 is 10.0 Å². The van der Waals surface area contributed by atoms with E-state index in [1.165, 1.54) is 4.31 Å². The summed E-state index contributed by atoms with van der Waals surface area (Å²) in [6, 6.07) is 4.98. The Hall–Kier alpha value is -1.60. The van der Waals surface area contributed by atoms with Gasteiger partial charge >= 0.3 is 0 Å². The molecule has 1 saturated heterocycles. The summed E-state index contributed by atoms with van der Waals surface area (Å²) < 4.78 is 32.3. The molecule has 0 aromatic heterocycles. The lowest BCUT2D eigenvalue weighted by Crippen LogP contribution is -2.52. The van der Waals surface area contributed by atoms with Crippen molar-refractivity contribution in [2.45, 2.75) is 31.1 Å². The van der Waals surface area contributed by atoms with Crippen LogP contribution in [0.5, 0.6) is 5.75 Å². The van der Waals surface area contributed by atoms with Gasteiger partial charge in [0.2, 0.25) is 15.9 Å². The molecule has 1 amide bonds. The van der Waals surface area contributed by atoms with Crippen molar-refractivity contribution in [1.82, 2.24) is 9.21 Å². The molecule has 3 rings (SSSR count). The first-order chi connectivity index (χ1) is 11.4. The Labute approximate surface area is 143 Å². The summed E-state index contributed by atoms with van der Waals surface area (Å²) in [7, 11) is -1.98. The molecule has 2 fully saturated rings. The Morgan fingerprint density at radius 2 is 1.83 bits per heavy atom. The molecular formula is C17H24N2O4S. The third-order valence-electron chi connectivity index (χ3n) is 5.00. The van der Waals surface area contributed by atoms with Crippen molar-refractivity contribution in [2.24, 2.45) is 5.92 Å². The van der Waals surface area contributed by atoms with Crippen molar-refractivity contribution in [3.8, 4) is 5.75 Å². The summed E-state index contributed by atoms with van der Waals surface area (Å²) in [5.41, 5.74) is 0.669. The smallest absolute Gasteiger partial charge is 0.243 e. The van der Waals surface area contributed by atoms with Gasteiger partial charge in [-0.15, -0.1) is 0 Å². The van der Waals surface area contributed by atoms with Crippen LogP contribution in [0.25, 0.3) is 0 Å². The molecule has 0 atom stereocenters. The number of amides is 1. The molecule has 0 bridgehead atoms. The molecule has 24 heavy (non-hydrogen) atoms. The molecule has 1 aliphatic heterocycles. The average molecular weight is 352 g/mol.